The average Bonchev–Trinajstić information content (AvgIpc) is 2.27. The molecule has 2 aromatic carbocycles. The Morgan fingerprint density at radius 1 is 0.933 bits per heavy atom. The molecule has 74 valence electrons. The van der Waals surface area contributed by atoms with Crippen LogP contribution in [0, 0.1) is 0 Å². The molecular weight excluding hydrogens is 270 g/mol. The number of anilines is 2. The van der Waals surface area contributed by atoms with Gasteiger partial charge in [-0.15, -0.1) is 0 Å². The topological polar surface area (TPSA) is 12.0 Å². The Balaban J connectivity index is 2.15. The van der Waals surface area contributed by atoms with E-state index in [2.05, 4.69) is 57.6 Å². The van der Waals surface area contributed by atoms with Crippen LogP contribution >= 0.6 is 27.7 Å². The molecule has 15 heavy (non-hydrogen) atoms. The van der Waals surface area contributed by atoms with Crippen LogP contribution in [0.15, 0.2) is 56.7 Å². The van der Waals surface area contributed by atoms with Crippen molar-refractivity contribution >= 4 is 39.1 Å². The van der Waals surface area contributed by atoms with Crippen molar-refractivity contribution in [2.75, 3.05) is 5.32 Å². The molecule has 1 heterocycles. The molecule has 1 aliphatic heterocycles. The summed E-state index contributed by atoms with van der Waals surface area (Å²) in [6.45, 7) is 0. The van der Waals surface area contributed by atoms with Gasteiger partial charge in [0.15, 0.2) is 0 Å². The molecular formula is C12H8BrNS. The van der Waals surface area contributed by atoms with Gasteiger partial charge in [0.2, 0.25) is 0 Å². The molecule has 0 aliphatic carbocycles. The van der Waals surface area contributed by atoms with Gasteiger partial charge in [0.05, 0.1) is 11.4 Å². The van der Waals surface area contributed by atoms with Crippen LogP contribution in [0.3, 0.4) is 0 Å². The van der Waals surface area contributed by atoms with Gasteiger partial charge in [-0.1, -0.05) is 30.0 Å². The summed E-state index contributed by atoms with van der Waals surface area (Å²) < 4.78 is 1.11. The molecule has 0 radical (unpaired) electrons. The van der Waals surface area contributed by atoms with Crippen LogP contribution < -0.4 is 5.32 Å². The summed E-state index contributed by atoms with van der Waals surface area (Å²) in [6, 6.07) is 14.6. The molecule has 0 saturated carbocycles. The largest absolute Gasteiger partial charge is 0.353 e. The van der Waals surface area contributed by atoms with E-state index < -0.39 is 0 Å². The third kappa shape index (κ3) is 1.56. The predicted octanol–water partition coefficient (Wildman–Crippen LogP) is 4.66. The van der Waals surface area contributed by atoms with Gasteiger partial charge in [0.1, 0.15) is 0 Å². The van der Waals surface area contributed by atoms with Crippen molar-refractivity contribution in [1.29, 1.82) is 0 Å². The highest BCUT2D eigenvalue weighted by Crippen LogP contribution is 2.46. The van der Waals surface area contributed by atoms with E-state index in [1.807, 2.05) is 6.07 Å². The summed E-state index contributed by atoms with van der Waals surface area (Å²) in [6.07, 6.45) is 0. The van der Waals surface area contributed by atoms with E-state index >= 15 is 0 Å². The predicted molar refractivity (Wildman–Crippen MR) is 68.0 cm³/mol. The van der Waals surface area contributed by atoms with Crippen LogP contribution in [-0.4, -0.2) is 0 Å². The Hall–Kier alpha value is -0.930. The van der Waals surface area contributed by atoms with E-state index in [0.29, 0.717) is 0 Å². The zero-order chi connectivity index (χ0) is 10.3. The molecule has 0 saturated heterocycles. The highest BCUT2D eigenvalue weighted by molar-refractivity contribution is 9.10. The standard InChI is InChI=1S/C12H8BrNS/c13-8-4-3-7-11-12(8)14-9-5-1-2-6-10(9)15-11/h1-7,14H. The third-order valence-electron chi connectivity index (χ3n) is 2.34. The Morgan fingerprint density at radius 3 is 2.67 bits per heavy atom. The highest BCUT2D eigenvalue weighted by atomic mass is 79.9. The number of halogens is 1. The minimum absolute atomic E-state index is 1.11. The lowest BCUT2D eigenvalue weighted by molar-refractivity contribution is 1.30. The summed E-state index contributed by atoms with van der Waals surface area (Å²) >= 11 is 5.36. The lowest BCUT2D eigenvalue weighted by Gasteiger charge is -2.21. The number of nitrogens with one attached hydrogen (secondary N) is 1. The van der Waals surface area contributed by atoms with Gasteiger partial charge in [0.25, 0.3) is 0 Å². The smallest absolute Gasteiger partial charge is 0.0670 e. The van der Waals surface area contributed by atoms with Gasteiger partial charge in [-0.2, -0.15) is 0 Å². The number of para-hydroxylation sites is 2. The van der Waals surface area contributed by atoms with E-state index in [1.165, 1.54) is 21.2 Å². The fourth-order valence-electron chi connectivity index (χ4n) is 1.62. The summed E-state index contributed by atoms with van der Waals surface area (Å²) in [7, 11) is 0. The minimum atomic E-state index is 1.11. The van der Waals surface area contributed by atoms with Crippen LogP contribution in [0.2, 0.25) is 0 Å². The SMILES string of the molecule is Brc1cccc2c1Nc1ccccc1S2. The maximum atomic E-state index is 3.56. The molecule has 0 amide bonds. The first-order chi connectivity index (χ1) is 7.34. The molecule has 0 fully saturated rings. The first-order valence-corrected chi connectivity index (χ1v) is 6.28. The molecule has 0 aromatic heterocycles. The Kier molecular flexibility index (Phi) is 2.22. The molecule has 3 rings (SSSR count). The molecule has 1 aliphatic rings. The molecule has 1 N–H and O–H groups in total. The molecule has 3 heteroatoms. The maximum absolute atomic E-state index is 3.56. The van der Waals surface area contributed by atoms with Gasteiger partial charge < -0.3 is 5.32 Å². The average molecular weight is 278 g/mol. The number of fused-ring (bicyclic) bond motifs is 2. The van der Waals surface area contributed by atoms with E-state index in [1.54, 1.807) is 11.8 Å². The molecule has 0 bridgehead atoms. The van der Waals surface area contributed by atoms with Crippen molar-refractivity contribution < 1.29 is 0 Å². The van der Waals surface area contributed by atoms with Crippen molar-refractivity contribution in [3.05, 3.63) is 46.9 Å². The van der Waals surface area contributed by atoms with Gasteiger partial charge in [-0.05, 0) is 40.2 Å². The van der Waals surface area contributed by atoms with Crippen LogP contribution in [-0.2, 0) is 0 Å². The monoisotopic (exact) mass is 277 g/mol. The van der Waals surface area contributed by atoms with Crippen LogP contribution in [0.4, 0.5) is 11.4 Å². The van der Waals surface area contributed by atoms with Crippen molar-refractivity contribution in [3.8, 4) is 0 Å². The van der Waals surface area contributed by atoms with E-state index in [0.717, 1.165) is 4.47 Å². The van der Waals surface area contributed by atoms with Crippen molar-refractivity contribution in [2.45, 2.75) is 9.79 Å². The zero-order valence-electron chi connectivity index (χ0n) is 7.83. The Labute approximate surface area is 101 Å². The molecule has 0 atom stereocenters. The Morgan fingerprint density at radius 2 is 1.73 bits per heavy atom. The molecule has 0 spiro atoms. The van der Waals surface area contributed by atoms with Crippen LogP contribution in [0.5, 0.6) is 0 Å². The van der Waals surface area contributed by atoms with Gasteiger partial charge in [-0.3, -0.25) is 0 Å². The van der Waals surface area contributed by atoms with Gasteiger partial charge in [0, 0.05) is 14.3 Å². The fourth-order valence-corrected chi connectivity index (χ4v) is 3.24. The van der Waals surface area contributed by atoms with E-state index in [9.17, 15) is 0 Å². The van der Waals surface area contributed by atoms with Crippen LogP contribution in [0.25, 0.3) is 0 Å². The zero-order valence-corrected chi connectivity index (χ0v) is 10.2. The second-order valence-electron chi connectivity index (χ2n) is 3.34. The lowest BCUT2D eigenvalue weighted by Crippen LogP contribution is -1.99. The summed E-state index contributed by atoms with van der Waals surface area (Å²) in [4.78, 5) is 2.55. The number of rotatable bonds is 0. The second kappa shape index (κ2) is 3.58. The molecule has 0 unspecified atom stereocenters. The fraction of sp³-hybridized carbons (Fsp3) is 0. The third-order valence-corrected chi connectivity index (χ3v) is 4.14. The summed E-state index contributed by atoms with van der Waals surface area (Å²) in [5, 5.41) is 3.44. The second-order valence-corrected chi connectivity index (χ2v) is 5.27. The maximum Gasteiger partial charge on any atom is 0.0670 e. The van der Waals surface area contributed by atoms with Crippen LogP contribution in [0.1, 0.15) is 0 Å². The minimum Gasteiger partial charge on any atom is -0.353 e. The highest BCUT2D eigenvalue weighted by Gasteiger charge is 2.16. The van der Waals surface area contributed by atoms with Crippen molar-refractivity contribution in [1.82, 2.24) is 0 Å². The molecule has 1 nitrogen and oxygen atoms in total. The first kappa shape index (κ1) is 9.31. The number of hydrogen-bond donors (Lipinski definition) is 1. The van der Waals surface area contributed by atoms with Crippen molar-refractivity contribution in [2.24, 2.45) is 0 Å². The summed E-state index contributed by atoms with van der Waals surface area (Å²) in [5.41, 5.74) is 2.35. The van der Waals surface area contributed by atoms with E-state index in [-0.39, 0.29) is 0 Å². The number of hydrogen-bond acceptors (Lipinski definition) is 2. The van der Waals surface area contributed by atoms with E-state index in [4.69, 9.17) is 0 Å². The van der Waals surface area contributed by atoms with Gasteiger partial charge in [-0.25, -0.2) is 0 Å². The number of benzene rings is 2. The molecule has 2 aromatic rings. The van der Waals surface area contributed by atoms with Gasteiger partial charge >= 0.3 is 0 Å². The summed E-state index contributed by atoms with van der Waals surface area (Å²) in [5.74, 6) is 0. The van der Waals surface area contributed by atoms with Crippen molar-refractivity contribution in [3.63, 3.8) is 0 Å². The lowest BCUT2D eigenvalue weighted by atomic mass is 10.2. The normalized spacial score (nSPS) is 12.6. The quantitative estimate of drug-likeness (QED) is 0.642. The Bertz CT molecular complexity index is 525. The first-order valence-electron chi connectivity index (χ1n) is 4.67.